The number of ether oxygens (including phenoxy) is 1. The van der Waals surface area contributed by atoms with Gasteiger partial charge in [-0.1, -0.05) is 12.1 Å². The van der Waals surface area contributed by atoms with Crippen LogP contribution in [0.2, 0.25) is 0 Å². The predicted molar refractivity (Wildman–Crippen MR) is 82.4 cm³/mol. The maximum Gasteiger partial charge on any atom is 0.143 e. The average molecular weight is 361 g/mol. The lowest BCUT2D eigenvalue weighted by Gasteiger charge is -2.39. The number of benzene rings is 1. The van der Waals surface area contributed by atoms with Crippen LogP contribution in [0.15, 0.2) is 22.7 Å². The first-order chi connectivity index (χ1) is 9.61. The Bertz CT molecular complexity index is 491. The van der Waals surface area contributed by atoms with E-state index in [2.05, 4.69) is 15.9 Å². The fraction of sp³-hybridized carbons (Fsp3) is 0.600. The van der Waals surface area contributed by atoms with Crippen LogP contribution in [-0.2, 0) is 4.74 Å². The van der Waals surface area contributed by atoms with Crippen LogP contribution in [0.25, 0.3) is 0 Å². The van der Waals surface area contributed by atoms with Crippen LogP contribution in [0.1, 0.15) is 30.9 Å². The first kappa shape index (κ1) is 14.8. The Morgan fingerprint density at radius 2 is 2.35 bits per heavy atom. The Labute approximate surface area is 131 Å². The fourth-order valence-electron chi connectivity index (χ4n) is 3.20. The van der Waals surface area contributed by atoms with E-state index in [0.29, 0.717) is 16.6 Å². The number of hydrogen-bond acceptors (Lipinski definition) is 3. The zero-order chi connectivity index (χ0) is 14.2. The molecule has 3 atom stereocenters. The van der Waals surface area contributed by atoms with E-state index < -0.39 is 6.10 Å². The molecule has 0 aliphatic carbocycles. The van der Waals surface area contributed by atoms with E-state index in [1.807, 2.05) is 11.8 Å². The molecule has 20 heavy (non-hydrogen) atoms. The predicted octanol–water partition coefficient (Wildman–Crippen LogP) is 3.92. The SMILES string of the molecule is OC(c1cccc(Br)c1F)C1CCOC2(CCSC2)C1. The van der Waals surface area contributed by atoms with Crippen LogP contribution in [0.5, 0.6) is 0 Å². The van der Waals surface area contributed by atoms with Gasteiger partial charge in [0.05, 0.1) is 16.2 Å². The summed E-state index contributed by atoms with van der Waals surface area (Å²) >= 11 is 5.09. The monoisotopic (exact) mass is 360 g/mol. The molecule has 110 valence electrons. The Morgan fingerprint density at radius 1 is 1.50 bits per heavy atom. The standard InChI is InChI=1S/C15H18BrFO2S/c16-12-3-1-2-11(13(12)17)14(18)10-4-6-19-15(8-10)5-7-20-9-15/h1-3,10,14,18H,4-9H2. The molecule has 0 amide bonds. The molecule has 2 fully saturated rings. The van der Waals surface area contributed by atoms with Crippen LogP contribution in [0.4, 0.5) is 4.39 Å². The molecule has 0 radical (unpaired) electrons. The lowest BCUT2D eigenvalue weighted by molar-refractivity contribution is -0.102. The molecule has 2 nitrogen and oxygen atoms in total. The Balaban J connectivity index is 1.79. The highest BCUT2D eigenvalue weighted by molar-refractivity contribution is 9.10. The highest BCUT2D eigenvalue weighted by Gasteiger charge is 2.42. The molecule has 1 spiro atoms. The van der Waals surface area contributed by atoms with Crippen LogP contribution >= 0.6 is 27.7 Å². The molecule has 1 N–H and O–H groups in total. The molecule has 1 aromatic carbocycles. The van der Waals surface area contributed by atoms with Gasteiger partial charge in [-0.2, -0.15) is 11.8 Å². The summed E-state index contributed by atoms with van der Waals surface area (Å²) in [5, 5.41) is 10.6. The summed E-state index contributed by atoms with van der Waals surface area (Å²) in [7, 11) is 0. The second kappa shape index (κ2) is 5.95. The van der Waals surface area contributed by atoms with Crippen molar-refractivity contribution in [3.8, 4) is 0 Å². The topological polar surface area (TPSA) is 29.5 Å². The molecule has 3 rings (SSSR count). The first-order valence-electron chi connectivity index (χ1n) is 6.95. The second-order valence-corrected chi connectivity index (χ2v) is 7.63. The van der Waals surface area contributed by atoms with Gasteiger partial charge >= 0.3 is 0 Å². The summed E-state index contributed by atoms with van der Waals surface area (Å²) in [5.41, 5.74) is 0.309. The van der Waals surface area contributed by atoms with Crippen LogP contribution in [0.3, 0.4) is 0 Å². The zero-order valence-corrected chi connectivity index (χ0v) is 13.6. The van der Waals surface area contributed by atoms with Crippen molar-refractivity contribution in [1.29, 1.82) is 0 Å². The van der Waals surface area contributed by atoms with Crippen LogP contribution < -0.4 is 0 Å². The largest absolute Gasteiger partial charge is 0.388 e. The van der Waals surface area contributed by atoms with E-state index in [0.717, 1.165) is 30.8 Å². The number of hydrogen-bond donors (Lipinski definition) is 1. The number of aliphatic hydroxyl groups is 1. The molecule has 3 unspecified atom stereocenters. The number of aliphatic hydroxyl groups excluding tert-OH is 1. The van der Waals surface area contributed by atoms with Gasteiger partial charge in [-0.15, -0.1) is 0 Å². The summed E-state index contributed by atoms with van der Waals surface area (Å²) in [5.74, 6) is 1.85. The van der Waals surface area contributed by atoms with Gasteiger partial charge in [0.2, 0.25) is 0 Å². The van der Waals surface area contributed by atoms with Gasteiger partial charge in [0, 0.05) is 17.9 Å². The maximum atomic E-state index is 14.1. The molecular formula is C15H18BrFO2S. The molecular weight excluding hydrogens is 343 g/mol. The molecule has 0 bridgehead atoms. The van der Waals surface area contributed by atoms with Crippen molar-refractivity contribution in [2.24, 2.45) is 5.92 Å². The van der Waals surface area contributed by atoms with E-state index in [9.17, 15) is 9.50 Å². The third kappa shape index (κ3) is 2.78. The highest BCUT2D eigenvalue weighted by atomic mass is 79.9. The van der Waals surface area contributed by atoms with E-state index in [1.54, 1.807) is 18.2 Å². The molecule has 2 aliphatic rings. The summed E-state index contributed by atoms with van der Waals surface area (Å²) in [6.07, 6.45) is 1.91. The molecule has 2 saturated heterocycles. The minimum atomic E-state index is -0.751. The highest BCUT2D eigenvalue weighted by Crippen LogP contribution is 2.44. The molecule has 0 aromatic heterocycles. The van der Waals surface area contributed by atoms with Crippen molar-refractivity contribution < 1.29 is 14.2 Å². The van der Waals surface area contributed by atoms with Crippen LogP contribution in [0, 0.1) is 11.7 Å². The summed E-state index contributed by atoms with van der Waals surface area (Å²) in [6, 6.07) is 5.10. The van der Waals surface area contributed by atoms with Crippen LogP contribution in [-0.4, -0.2) is 28.8 Å². The van der Waals surface area contributed by atoms with E-state index in [-0.39, 0.29) is 17.3 Å². The first-order valence-corrected chi connectivity index (χ1v) is 8.90. The van der Waals surface area contributed by atoms with Crippen molar-refractivity contribution in [1.82, 2.24) is 0 Å². The maximum absolute atomic E-state index is 14.1. The summed E-state index contributed by atoms with van der Waals surface area (Å²) < 4.78 is 20.5. The van der Waals surface area contributed by atoms with Gasteiger partial charge in [0.15, 0.2) is 0 Å². The minimum absolute atomic E-state index is 0.0752. The molecule has 2 aliphatic heterocycles. The van der Waals surface area contributed by atoms with E-state index in [1.165, 1.54) is 0 Å². The fourth-order valence-corrected chi connectivity index (χ4v) is 4.96. The summed E-state index contributed by atoms with van der Waals surface area (Å²) in [6.45, 7) is 0.665. The molecule has 0 saturated carbocycles. The average Bonchev–Trinajstić information content (AvgIpc) is 2.89. The lowest BCUT2D eigenvalue weighted by Crippen LogP contribution is -2.41. The van der Waals surface area contributed by atoms with E-state index >= 15 is 0 Å². The smallest absolute Gasteiger partial charge is 0.143 e. The second-order valence-electron chi connectivity index (χ2n) is 5.67. The number of thioether (sulfide) groups is 1. The van der Waals surface area contributed by atoms with Crippen molar-refractivity contribution in [2.75, 3.05) is 18.1 Å². The lowest BCUT2D eigenvalue weighted by atomic mass is 9.80. The Hall–Kier alpha value is -0.100. The third-order valence-electron chi connectivity index (χ3n) is 4.34. The van der Waals surface area contributed by atoms with Gasteiger partial charge < -0.3 is 9.84 Å². The van der Waals surface area contributed by atoms with Crippen molar-refractivity contribution >= 4 is 27.7 Å². The van der Waals surface area contributed by atoms with Crippen molar-refractivity contribution in [2.45, 2.75) is 31.0 Å². The van der Waals surface area contributed by atoms with Gasteiger partial charge in [-0.05, 0) is 52.9 Å². The Morgan fingerprint density at radius 3 is 3.10 bits per heavy atom. The van der Waals surface area contributed by atoms with Gasteiger partial charge in [-0.3, -0.25) is 0 Å². The van der Waals surface area contributed by atoms with E-state index in [4.69, 9.17) is 4.74 Å². The molecule has 5 heteroatoms. The number of halogens is 2. The minimum Gasteiger partial charge on any atom is -0.388 e. The summed E-state index contributed by atoms with van der Waals surface area (Å²) in [4.78, 5) is 0. The van der Waals surface area contributed by atoms with Crippen molar-refractivity contribution in [3.63, 3.8) is 0 Å². The normalized spacial score (nSPS) is 31.6. The third-order valence-corrected chi connectivity index (χ3v) is 6.18. The number of rotatable bonds is 2. The molecule has 2 heterocycles. The van der Waals surface area contributed by atoms with Gasteiger partial charge in [0.25, 0.3) is 0 Å². The quantitative estimate of drug-likeness (QED) is 0.866. The van der Waals surface area contributed by atoms with Gasteiger partial charge in [0.1, 0.15) is 5.82 Å². The van der Waals surface area contributed by atoms with Crippen molar-refractivity contribution in [3.05, 3.63) is 34.1 Å². The zero-order valence-electron chi connectivity index (χ0n) is 11.1. The van der Waals surface area contributed by atoms with Gasteiger partial charge in [-0.25, -0.2) is 4.39 Å². The molecule has 1 aromatic rings. The Kier molecular flexibility index (Phi) is 4.41.